The number of carbonyl (C=O) groups excluding carboxylic acids is 1. The van der Waals surface area contributed by atoms with Gasteiger partial charge in [-0.05, 0) is 49.7 Å². The summed E-state index contributed by atoms with van der Waals surface area (Å²) in [6.45, 7) is 6.64. The Bertz CT molecular complexity index is 980. The molecule has 1 heterocycles. The van der Waals surface area contributed by atoms with E-state index >= 15 is 0 Å². The molecule has 7 nitrogen and oxygen atoms in total. The molecule has 1 aliphatic carbocycles. The summed E-state index contributed by atoms with van der Waals surface area (Å²) in [5.41, 5.74) is 2.62. The van der Waals surface area contributed by atoms with Gasteiger partial charge < -0.3 is 25.0 Å². The van der Waals surface area contributed by atoms with E-state index in [2.05, 4.69) is 17.2 Å². The Morgan fingerprint density at radius 3 is 2.85 bits per heavy atom. The summed E-state index contributed by atoms with van der Waals surface area (Å²) < 4.78 is 10.8. The van der Waals surface area contributed by atoms with Crippen LogP contribution in [0.5, 0.6) is 0 Å². The fourth-order valence-corrected chi connectivity index (χ4v) is 4.38. The SMILES string of the molecule is C=COC(CCCNC(=S)NC1N=C(c2ccccc2)C2CC(Cl)=CC=C2N(C)C1=O)OCC. The van der Waals surface area contributed by atoms with E-state index in [9.17, 15) is 4.79 Å². The number of benzene rings is 1. The highest BCUT2D eigenvalue weighted by molar-refractivity contribution is 7.80. The number of fused-ring (bicyclic) bond motifs is 1. The summed E-state index contributed by atoms with van der Waals surface area (Å²) in [4.78, 5) is 19.8. The second-order valence-corrected chi connectivity index (χ2v) is 8.77. The number of aliphatic imine (C=N–C) groups is 1. The van der Waals surface area contributed by atoms with Crippen molar-refractivity contribution in [1.29, 1.82) is 0 Å². The van der Waals surface area contributed by atoms with Crippen molar-refractivity contribution >= 4 is 40.6 Å². The second-order valence-electron chi connectivity index (χ2n) is 7.87. The van der Waals surface area contributed by atoms with Gasteiger partial charge in [0.1, 0.15) is 0 Å². The van der Waals surface area contributed by atoms with Crippen molar-refractivity contribution in [3.05, 3.63) is 71.6 Å². The number of rotatable bonds is 10. The Morgan fingerprint density at radius 1 is 1.38 bits per heavy atom. The molecule has 0 fully saturated rings. The number of amides is 1. The Labute approximate surface area is 211 Å². The predicted molar refractivity (Wildman–Crippen MR) is 139 cm³/mol. The van der Waals surface area contributed by atoms with Crippen molar-refractivity contribution in [2.75, 3.05) is 20.2 Å². The molecule has 1 aliphatic heterocycles. The van der Waals surface area contributed by atoms with Gasteiger partial charge in [0.15, 0.2) is 11.4 Å². The monoisotopic (exact) mass is 502 g/mol. The molecule has 0 spiro atoms. The van der Waals surface area contributed by atoms with E-state index in [4.69, 9.17) is 38.3 Å². The average Bonchev–Trinajstić information content (AvgIpc) is 2.93. The molecule has 3 rings (SSSR count). The zero-order chi connectivity index (χ0) is 24.5. The van der Waals surface area contributed by atoms with E-state index in [1.165, 1.54) is 6.26 Å². The van der Waals surface area contributed by atoms with Crippen molar-refractivity contribution in [2.24, 2.45) is 10.9 Å². The number of hydrogen-bond donors (Lipinski definition) is 2. The van der Waals surface area contributed by atoms with Gasteiger partial charge in [0.05, 0.1) is 12.0 Å². The van der Waals surface area contributed by atoms with Gasteiger partial charge in [0.25, 0.3) is 5.91 Å². The van der Waals surface area contributed by atoms with E-state index in [-0.39, 0.29) is 18.1 Å². The van der Waals surface area contributed by atoms with Crippen LogP contribution in [-0.4, -0.2) is 54.3 Å². The van der Waals surface area contributed by atoms with E-state index in [1.807, 2.05) is 49.4 Å². The van der Waals surface area contributed by atoms with Crippen LogP contribution >= 0.6 is 23.8 Å². The first-order valence-corrected chi connectivity index (χ1v) is 12.1. The van der Waals surface area contributed by atoms with Gasteiger partial charge in [0.2, 0.25) is 6.17 Å². The lowest BCUT2D eigenvalue weighted by Crippen LogP contribution is -2.48. The Hall–Kier alpha value is -2.68. The molecule has 182 valence electrons. The van der Waals surface area contributed by atoms with E-state index in [1.54, 1.807) is 11.9 Å². The molecule has 0 aromatic heterocycles. The van der Waals surface area contributed by atoms with E-state index in [0.29, 0.717) is 31.1 Å². The normalized spacial score (nSPS) is 20.7. The summed E-state index contributed by atoms with van der Waals surface area (Å²) in [6.07, 6.45) is 5.95. The van der Waals surface area contributed by atoms with Crippen LogP contribution in [0.1, 0.15) is 31.7 Å². The number of ether oxygens (including phenoxy) is 2. The smallest absolute Gasteiger partial charge is 0.271 e. The van der Waals surface area contributed by atoms with Crippen LogP contribution in [0.4, 0.5) is 0 Å². The zero-order valence-corrected chi connectivity index (χ0v) is 21.1. The zero-order valence-electron chi connectivity index (χ0n) is 19.5. The molecule has 0 saturated carbocycles. The minimum atomic E-state index is -0.856. The maximum absolute atomic E-state index is 13.3. The third-order valence-electron chi connectivity index (χ3n) is 5.58. The van der Waals surface area contributed by atoms with Crippen LogP contribution < -0.4 is 10.6 Å². The number of nitrogens with one attached hydrogen (secondary N) is 2. The molecule has 1 aromatic rings. The molecular weight excluding hydrogens is 472 g/mol. The number of likely N-dealkylation sites (N-methyl/N-ethyl adjacent to an activating group) is 1. The highest BCUT2D eigenvalue weighted by Crippen LogP contribution is 2.34. The van der Waals surface area contributed by atoms with Gasteiger partial charge in [-0.2, -0.15) is 0 Å². The van der Waals surface area contributed by atoms with Crippen molar-refractivity contribution in [3.8, 4) is 0 Å². The van der Waals surface area contributed by atoms with Crippen LogP contribution in [0.15, 0.2) is 71.0 Å². The van der Waals surface area contributed by atoms with Crippen molar-refractivity contribution in [1.82, 2.24) is 15.5 Å². The minimum Gasteiger partial charge on any atom is -0.473 e. The number of allylic oxidation sites excluding steroid dienone is 4. The summed E-state index contributed by atoms with van der Waals surface area (Å²) in [5.74, 6) is -0.309. The van der Waals surface area contributed by atoms with Gasteiger partial charge in [-0.25, -0.2) is 0 Å². The maximum Gasteiger partial charge on any atom is 0.271 e. The van der Waals surface area contributed by atoms with Crippen molar-refractivity contribution in [3.63, 3.8) is 0 Å². The molecule has 3 atom stereocenters. The molecule has 9 heteroatoms. The summed E-state index contributed by atoms with van der Waals surface area (Å²) in [7, 11) is 1.76. The Balaban J connectivity index is 1.71. The number of nitrogens with zero attached hydrogens (tertiary/aromatic N) is 2. The molecule has 0 bridgehead atoms. The molecule has 2 N–H and O–H groups in total. The minimum absolute atomic E-state index is 0.123. The third kappa shape index (κ3) is 6.68. The van der Waals surface area contributed by atoms with Gasteiger partial charge in [-0.15, -0.1) is 0 Å². The molecule has 3 unspecified atom stereocenters. The molecule has 34 heavy (non-hydrogen) atoms. The maximum atomic E-state index is 13.3. The number of carbonyl (C=O) groups is 1. The lowest BCUT2D eigenvalue weighted by Gasteiger charge is -2.28. The summed E-state index contributed by atoms with van der Waals surface area (Å²) in [5, 5.41) is 7.32. The molecular formula is C25H31ClN4O3S. The molecule has 1 amide bonds. The first-order valence-electron chi connectivity index (χ1n) is 11.3. The topological polar surface area (TPSA) is 75.2 Å². The number of thiocarbonyl (C=S) groups is 1. The number of hydrogen-bond acceptors (Lipinski definition) is 5. The quantitative estimate of drug-likeness (QED) is 0.217. The van der Waals surface area contributed by atoms with Crippen LogP contribution in [0, 0.1) is 5.92 Å². The first kappa shape index (κ1) is 25.9. The van der Waals surface area contributed by atoms with Crippen molar-refractivity contribution < 1.29 is 14.3 Å². The first-order chi connectivity index (χ1) is 16.4. The van der Waals surface area contributed by atoms with Gasteiger partial charge in [-0.1, -0.05) is 48.5 Å². The largest absolute Gasteiger partial charge is 0.473 e. The molecule has 0 radical (unpaired) electrons. The fraction of sp³-hybridized carbons (Fsp3) is 0.400. The second kappa shape index (κ2) is 12.7. The summed E-state index contributed by atoms with van der Waals surface area (Å²) in [6, 6.07) is 9.85. The van der Waals surface area contributed by atoms with E-state index < -0.39 is 6.17 Å². The Kier molecular flexibility index (Phi) is 9.68. The van der Waals surface area contributed by atoms with Crippen LogP contribution in [0.25, 0.3) is 0 Å². The lowest BCUT2D eigenvalue weighted by molar-refractivity contribution is -0.129. The molecule has 1 aromatic carbocycles. The van der Waals surface area contributed by atoms with E-state index in [0.717, 1.165) is 28.4 Å². The standard InChI is InChI=1S/C25H31ClN4O3S/c1-4-32-21(33-5-2)12-9-15-27-25(34)29-23-24(31)30(3)20-14-13-18(26)16-19(20)22(28-23)17-10-7-6-8-11-17/h4,6-8,10-11,13-14,19,21,23H,1,5,9,12,15-16H2,2-3H3,(H2,27,29,34). The predicted octanol–water partition coefficient (Wildman–Crippen LogP) is 4.07. The van der Waals surface area contributed by atoms with Crippen LogP contribution in [0.3, 0.4) is 0 Å². The molecule has 2 aliphatic rings. The van der Waals surface area contributed by atoms with Gasteiger partial charge in [0, 0.05) is 43.3 Å². The fourth-order valence-electron chi connectivity index (χ4n) is 3.95. The third-order valence-corrected chi connectivity index (χ3v) is 6.12. The average molecular weight is 503 g/mol. The van der Waals surface area contributed by atoms with Gasteiger partial charge in [-0.3, -0.25) is 9.79 Å². The summed E-state index contributed by atoms with van der Waals surface area (Å²) >= 11 is 11.8. The van der Waals surface area contributed by atoms with Gasteiger partial charge >= 0.3 is 0 Å². The highest BCUT2D eigenvalue weighted by Gasteiger charge is 2.36. The number of halogens is 1. The van der Waals surface area contributed by atoms with Crippen LogP contribution in [0.2, 0.25) is 0 Å². The molecule has 0 saturated heterocycles. The van der Waals surface area contributed by atoms with Crippen molar-refractivity contribution in [2.45, 2.75) is 38.6 Å². The van der Waals surface area contributed by atoms with Crippen LogP contribution in [-0.2, 0) is 14.3 Å². The highest BCUT2D eigenvalue weighted by atomic mass is 35.5. The lowest BCUT2D eigenvalue weighted by atomic mass is 9.87. The Morgan fingerprint density at radius 2 is 2.15 bits per heavy atom.